The molecular weight excluding hydrogens is 374 g/mol. The van der Waals surface area contributed by atoms with Gasteiger partial charge in [-0.15, -0.1) is 0 Å². The molecule has 2 aromatic carbocycles. The van der Waals surface area contributed by atoms with Gasteiger partial charge in [0, 0.05) is 19.7 Å². The number of benzene rings is 2. The Balaban J connectivity index is 2.02. The van der Waals surface area contributed by atoms with E-state index in [9.17, 15) is 9.59 Å². The van der Waals surface area contributed by atoms with Crippen LogP contribution in [0.1, 0.15) is 22.8 Å². The second-order valence-corrected chi connectivity index (χ2v) is 6.14. The molecule has 1 N–H and O–H groups in total. The van der Waals surface area contributed by atoms with Crippen molar-refractivity contribution >= 4 is 18.0 Å². The number of ether oxygens (including phenoxy) is 3. The number of hydrogen-bond acceptors (Lipinski definition) is 6. The van der Waals surface area contributed by atoms with Crippen LogP contribution in [-0.4, -0.2) is 57.3 Å². The predicted octanol–water partition coefficient (Wildman–Crippen LogP) is 2.32. The molecule has 0 heterocycles. The monoisotopic (exact) mass is 399 g/mol. The molecule has 0 unspecified atom stereocenters. The Kier molecular flexibility index (Phi) is 8.02. The maximum atomic E-state index is 12.1. The molecular formula is C21H25N3O5. The van der Waals surface area contributed by atoms with E-state index in [1.807, 2.05) is 6.92 Å². The van der Waals surface area contributed by atoms with Gasteiger partial charge in [-0.2, -0.15) is 5.10 Å². The van der Waals surface area contributed by atoms with E-state index >= 15 is 0 Å². The van der Waals surface area contributed by atoms with Crippen molar-refractivity contribution in [3.05, 3.63) is 53.6 Å². The lowest BCUT2D eigenvalue weighted by molar-refractivity contribution is -0.130. The molecule has 0 aliphatic carbocycles. The fraction of sp³-hybridized carbons (Fsp3) is 0.286. The topological polar surface area (TPSA) is 89.5 Å². The van der Waals surface area contributed by atoms with Gasteiger partial charge in [-0.25, -0.2) is 5.43 Å². The summed E-state index contributed by atoms with van der Waals surface area (Å²) in [6.45, 7) is 2.20. The molecule has 0 fully saturated rings. The van der Waals surface area contributed by atoms with E-state index in [4.69, 9.17) is 14.2 Å². The van der Waals surface area contributed by atoms with Crippen LogP contribution < -0.4 is 19.6 Å². The Morgan fingerprint density at radius 3 is 2.41 bits per heavy atom. The second-order valence-electron chi connectivity index (χ2n) is 6.14. The van der Waals surface area contributed by atoms with E-state index in [1.54, 1.807) is 63.7 Å². The first-order valence-electron chi connectivity index (χ1n) is 9.01. The zero-order valence-electron chi connectivity index (χ0n) is 17.0. The summed E-state index contributed by atoms with van der Waals surface area (Å²) in [5.41, 5.74) is 3.64. The van der Waals surface area contributed by atoms with Crippen LogP contribution in [0.2, 0.25) is 0 Å². The van der Waals surface area contributed by atoms with Gasteiger partial charge in [0.2, 0.25) is 0 Å². The van der Waals surface area contributed by atoms with E-state index in [0.717, 1.165) is 0 Å². The number of amides is 2. The van der Waals surface area contributed by atoms with Crippen LogP contribution in [0.5, 0.6) is 17.2 Å². The predicted molar refractivity (Wildman–Crippen MR) is 110 cm³/mol. The van der Waals surface area contributed by atoms with E-state index in [0.29, 0.717) is 35.0 Å². The fourth-order valence-electron chi connectivity index (χ4n) is 2.23. The minimum Gasteiger partial charge on any atom is -0.497 e. The Morgan fingerprint density at radius 2 is 1.79 bits per heavy atom. The van der Waals surface area contributed by atoms with Crippen molar-refractivity contribution < 1.29 is 23.8 Å². The Labute approximate surface area is 170 Å². The summed E-state index contributed by atoms with van der Waals surface area (Å²) in [4.78, 5) is 25.3. The molecule has 0 radical (unpaired) electrons. The van der Waals surface area contributed by atoms with Crippen LogP contribution in [0.3, 0.4) is 0 Å². The zero-order valence-corrected chi connectivity index (χ0v) is 17.0. The van der Waals surface area contributed by atoms with Gasteiger partial charge in [-0.1, -0.05) is 0 Å². The van der Waals surface area contributed by atoms with Crippen molar-refractivity contribution in [3.63, 3.8) is 0 Å². The molecule has 154 valence electrons. The average Bonchev–Trinajstić information content (AvgIpc) is 2.73. The molecule has 0 atom stereocenters. The molecule has 0 saturated carbocycles. The number of likely N-dealkylation sites (N-methyl/N-ethyl adjacent to an activating group) is 1. The summed E-state index contributed by atoms with van der Waals surface area (Å²) in [6.07, 6.45) is 1.50. The molecule has 2 rings (SSSR count). The van der Waals surface area contributed by atoms with Gasteiger partial charge in [0.25, 0.3) is 11.8 Å². The summed E-state index contributed by atoms with van der Waals surface area (Å²) in [7, 11) is 4.89. The SMILES string of the molecule is CCOc1cc(/C=N\NC(=O)c2ccc(OC)cc2)ccc1OCC(=O)N(C)C. The van der Waals surface area contributed by atoms with Gasteiger partial charge >= 0.3 is 0 Å². The lowest BCUT2D eigenvalue weighted by Gasteiger charge is -2.14. The summed E-state index contributed by atoms with van der Waals surface area (Å²) in [5, 5.41) is 3.98. The highest BCUT2D eigenvalue weighted by Gasteiger charge is 2.10. The van der Waals surface area contributed by atoms with Crippen molar-refractivity contribution in [2.24, 2.45) is 5.10 Å². The number of nitrogens with zero attached hydrogens (tertiary/aromatic N) is 2. The normalized spacial score (nSPS) is 10.5. The highest BCUT2D eigenvalue weighted by atomic mass is 16.5. The molecule has 0 aromatic heterocycles. The summed E-state index contributed by atoms with van der Waals surface area (Å²) >= 11 is 0. The van der Waals surface area contributed by atoms with Crippen LogP contribution in [0, 0.1) is 0 Å². The number of nitrogens with one attached hydrogen (secondary N) is 1. The van der Waals surface area contributed by atoms with Gasteiger partial charge in [0.1, 0.15) is 5.75 Å². The minimum atomic E-state index is -0.337. The van der Waals surface area contributed by atoms with Crippen LogP contribution in [0.15, 0.2) is 47.6 Å². The van der Waals surface area contributed by atoms with Gasteiger partial charge < -0.3 is 19.1 Å². The van der Waals surface area contributed by atoms with Gasteiger partial charge in [0.15, 0.2) is 18.1 Å². The number of methoxy groups -OCH3 is 1. The molecule has 0 bridgehead atoms. The highest BCUT2D eigenvalue weighted by Crippen LogP contribution is 2.28. The molecule has 0 spiro atoms. The van der Waals surface area contributed by atoms with E-state index in [1.165, 1.54) is 11.1 Å². The largest absolute Gasteiger partial charge is 0.497 e. The first-order chi connectivity index (χ1) is 13.9. The molecule has 29 heavy (non-hydrogen) atoms. The lowest BCUT2D eigenvalue weighted by Crippen LogP contribution is -2.27. The number of carbonyl (C=O) groups excluding carboxylic acids is 2. The van der Waals surface area contributed by atoms with Gasteiger partial charge in [-0.05, 0) is 55.0 Å². The quantitative estimate of drug-likeness (QED) is 0.516. The van der Waals surface area contributed by atoms with E-state index < -0.39 is 0 Å². The molecule has 0 aliphatic heterocycles. The fourth-order valence-corrected chi connectivity index (χ4v) is 2.23. The summed E-state index contributed by atoms with van der Waals surface area (Å²) in [6, 6.07) is 11.9. The molecule has 8 nitrogen and oxygen atoms in total. The van der Waals surface area contributed by atoms with E-state index in [-0.39, 0.29) is 18.4 Å². The van der Waals surface area contributed by atoms with Crippen LogP contribution in [-0.2, 0) is 4.79 Å². The number of rotatable bonds is 9. The van der Waals surface area contributed by atoms with Crippen molar-refractivity contribution in [2.75, 3.05) is 34.4 Å². The third-order valence-electron chi connectivity index (χ3n) is 3.85. The van der Waals surface area contributed by atoms with E-state index in [2.05, 4.69) is 10.5 Å². The third kappa shape index (κ3) is 6.53. The third-order valence-corrected chi connectivity index (χ3v) is 3.85. The number of carbonyl (C=O) groups is 2. The lowest BCUT2D eigenvalue weighted by atomic mass is 10.2. The first-order valence-corrected chi connectivity index (χ1v) is 9.01. The van der Waals surface area contributed by atoms with Crippen molar-refractivity contribution in [1.29, 1.82) is 0 Å². The highest BCUT2D eigenvalue weighted by molar-refractivity contribution is 5.95. The molecule has 2 aromatic rings. The Morgan fingerprint density at radius 1 is 1.07 bits per heavy atom. The molecule has 2 amide bonds. The smallest absolute Gasteiger partial charge is 0.271 e. The first kappa shape index (κ1) is 21.7. The maximum absolute atomic E-state index is 12.1. The van der Waals surface area contributed by atoms with Crippen LogP contribution in [0.25, 0.3) is 0 Å². The number of hydrogen-bond donors (Lipinski definition) is 1. The van der Waals surface area contributed by atoms with Gasteiger partial charge in [0.05, 0.1) is 19.9 Å². The number of hydrazone groups is 1. The Bertz CT molecular complexity index is 863. The molecule has 8 heteroatoms. The second kappa shape index (κ2) is 10.7. The Hall–Kier alpha value is -3.55. The van der Waals surface area contributed by atoms with Crippen molar-refractivity contribution in [1.82, 2.24) is 10.3 Å². The van der Waals surface area contributed by atoms with Crippen LogP contribution >= 0.6 is 0 Å². The van der Waals surface area contributed by atoms with Crippen molar-refractivity contribution in [3.8, 4) is 17.2 Å². The van der Waals surface area contributed by atoms with Crippen molar-refractivity contribution in [2.45, 2.75) is 6.92 Å². The average molecular weight is 399 g/mol. The molecule has 0 saturated heterocycles. The van der Waals surface area contributed by atoms with Gasteiger partial charge in [-0.3, -0.25) is 9.59 Å². The standard InChI is InChI=1S/C21H25N3O5/c1-5-28-19-12-15(6-11-18(19)29-14-20(25)24(2)3)13-22-23-21(26)16-7-9-17(27-4)10-8-16/h6-13H,5,14H2,1-4H3,(H,23,26)/b22-13-. The maximum Gasteiger partial charge on any atom is 0.271 e. The zero-order chi connectivity index (χ0) is 21.2. The summed E-state index contributed by atoms with van der Waals surface area (Å²) in [5.74, 6) is 1.13. The minimum absolute atomic E-state index is 0.0849. The van der Waals surface area contributed by atoms with Crippen LogP contribution in [0.4, 0.5) is 0 Å². The summed E-state index contributed by atoms with van der Waals surface area (Å²) < 4.78 is 16.2. The molecule has 0 aliphatic rings.